The normalized spacial score (nSPS) is 12.7. The number of aliphatic hydroxyl groups is 1. The Morgan fingerprint density at radius 1 is 1.26 bits per heavy atom. The van der Waals surface area contributed by atoms with Crippen LogP contribution in [0.2, 0.25) is 0 Å². The molecule has 2 aromatic rings. The Balaban J connectivity index is 1.83. The van der Waals surface area contributed by atoms with E-state index in [1.807, 2.05) is 32.0 Å². The van der Waals surface area contributed by atoms with Crippen molar-refractivity contribution in [2.24, 2.45) is 5.92 Å². The van der Waals surface area contributed by atoms with Crippen molar-refractivity contribution in [2.45, 2.75) is 45.6 Å². The average Bonchev–Trinajstić information content (AvgIpc) is 2.86. The van der Waals surface area contributed by atoms with Gasteiger partial charge in [-0.15, -0.1) is 0 Å². The van der Waals surface area contributed by atoms with Crippen LogP contribution in [0.4, 0.5) is 0 Å². The fourth-order valence-corrected chi connectivity index (χ4v) is 2.68. The minimum absolute atomic E-state index is 0.0216. The summed E-state index contributed by atoms with van der Waals surface area (Å²) in [5.74, 6) is 0.326. The molecule has 6 heteroatoms. The van der Waals surface area contributed by atoms with Gasteiger partial charge in [-0.25, -0.2) is 4.79 Å². The van der Waals surface area contributed by atoms with E-state index in [1.54, 1.807) is 0 Å². The molecule has 0 saturated carbocycles. The van der Waals surface area contributed by atoms with Gasteiger partial charge in [0.05, 0.1) is 11.0 Å². The maximum atomic E-state index is 12.0. The van der Waals surface area contributed by atoms with Gasteiger partial charge in [-0.2, -0.15) is 0 Å². The first kappa shape index (κ1) is 17.3. The van der Waals surface area contributed by atoms with E-state index in [1.165, 1.54) is 0 Å². The molecule has 1 atom stereocenters. The second kappa shape index (κ2) is 7.97. The molecule has 2 rings (SSSR count). The molecule has 0 fully saturated rings. The highest BCUT2D eigenvalue weighted by Crippen LogP contribution is 2.13. The number of amides is 1. The Hall–Kier alpha value is -2.08. The maximum Gasteiger partial charge on any atom is 0.323 e. The highest BCUT2D eigenvalue weighted by molar-refractivity contribution is 5.76. The molecule has 1 amide bonds. The molecule has 1 unspecified atom stereocenters. The second-order valence-corrected chi connectivity index (χ2v) is 6.24. The lowest BCUT2D eigenvalue weighted by molar-refractivity contribution is -0.122. The molecule has 1 heterocycles. The van der Waals surface area contributed by atoms with E-state index in [0.29, 0.717) is 18.8 Å². The molecule has 0 spiro atoms. The summed E-state index contributed by atoms with van der Waals surface area (Å²) in [4.78, 5) is 28.7. The third-order valence-corrected chi connectivity index (χ3v) is 4.04. The van der Waals surface area contributed by atoms with E-state index in [0.717, 1.165) is 29.4 Å². The number of hydrogen-bond acceptors (Lipinski definition) is 3. The summed E-state index contributed by atoms with van der Waals surface area (Å²) in [5.41, 5.74) is 2.47. The highest BCUT2D eigenvalue weighted by Gasteiger charge is 2.15. The standard InChI is InChI=1S/C17H25N3O3/c1-11(2)13(8-9-21)18-16(22)5-3-4-12-6-7-14-15(10-12)20-17(23)19-14/h6-7,10-11,13,21H,3-5,8-9H2,1-2H3,(H,18,22)(H2,19,20,23). The van der Waals surface area contributed by atoms with Crippen molar-refractivity contribution < 1.29 is 9.90 Å². The van der Waals surface area contributed by atoms with Crippen molar-refractivity contribution in [1.82, 2.24) is 15.3 Å². The van der Waals surface area contributed by atoms with Crippen molar-refractivity contribution in [1.29, 1.82) is 0 Å². The van der Waals surface area contributed by atoms with Crippen LogP contribution >= 0.6 is 0 Å². The van der Waals surface area contributed by atoms with Gasteiger partial charge in [0.15, 0.2) is 0 Å². The van der Waals surface area contributed by atoms with Crippen LogP contribution in [0.25, 0.3) is 11.0 Å². The first-order valence-corrected chi connectivity index (χ1v) is 8.10. The molecule has 0 aliphatic heterocycles. The Labute approximate surface area is 135 Å². The van der Waals surface area contributed by atoms with Crippen LogP contribution in [-0.4, -0.2) is 33.6 Å². The first-order valence-electron chi connectivity index (χ1n) is 8.10. The molecule has 1 aromatic carbocycles. The molecule has 0 aliphatic rings. The lowest BCUT2D eigenvalue weighted by Crippen LogP contribution is -2.39. The Kier molecular flexibility index (Phi) is 5.98. The fourth-order valence-electron chi connectivity index (χ4n) is 2.68. The summed E-state index contributed by atoms with van der Waals surface area (Å²) in [6.45, 7) is 4.15. The van der Waals surface area contributed by atoms with Crippen molar-refractivity contribution in [3.05, 3.63) is 34.2 Å². The van der Waals surface area contributed by atoms with Crippen molar-refractivity contribution in [3.8, 4) is 0 Å². The van der Waals surface area contributed by atoms with Crippen molar-refractivity contribution >= 4 is 16.9 Å². The smallest absolute Gasteiger partial charge is 0.323 e. The van der Waals surface area contributed by atoms with Gasteiger partial charge >= 0.3 is 5.69 Å². The lowest BCUT2D eigenvalue weighted by atomic mass is 10.0. The number of aromatic nitrogens is 2. The largest absolute Gasteiger partial charge is 0.396 e. The number of hydrogen-bond donors (Lipinski definition) is 4. The number of aryl methyl sites for hydroxylation is 1. The second-order valence-electron chi connectivity index (χ2n) is 6.24. The zero-order valence-corrected chi connectivity index (χ0v) is 13.7. The molecule has 0 saturated heterocycles. The molecular formula is C17H25N3O3. The van der Waals surface area contributed by atoms with Crippen LogP contribution in [-0.2, 0) is 11.2 Å². The Morgan fingerprint density at radius 3 is 2.70 bits per heavy atom. The maximum absolute atomic E-state index is 12.0. The van der Waals surface area contributed by atoms with E-state index in [2.05, 4.69) is 15.3 Å². The summed E-state index contributed by atoms with van der Waals surface area (Å²) in [6, 6.07) is 5.80. The van der Waals surface area contributed by atoms with E-state index in [9.17, 15) is 9.59 Å². The van der Waals surface area contributed by atoms with Gasteiger partial charge in [0.1, 0.15) is 0 Å². The number of fused-ring (bicyclic) bond motifs is 1. The zero-order chi connectivity index (χ0) is 16.8. The topological polar surface area (TPSA) is 98.0 Å². The third kappa shape index (κ3) is 4.96. The Bertz CT molecular complexity index is 702. The third-order valence-electron chi connectivity index (χ3n) is 4.04. The van der Waals surface area contributed by atoms with Crippen LogP contribution in [0.1, 0.15) is 38.7 Å². The number of carbonyl (C=O) groups excluding carboxylic acids is 1. The molecule has 6 nitrogen and oxygen atoms in total. The summed E-state index contributed by atoms with van der Waals surface area (Å²) < 4.78 is 0. The van der Waals surface area contributed by atoms with Gasteiger partial charge in [-0.3, -0.25) is 4.79 Å². The summed E-state index contributed by atoms with van der Waals surface area (Å²) >= 11 is 0. The van der Waals surface area contributed by atoms with E-state index in [-0.39, 0.29) is 24.2 Å². The molecule has 1 aromatic heterocycles. The van der Waals surface area contributed by atoms with E-state index < -0.39 is 0 Å². The summed E-state index contributed by atoms with van der Waals surface area (Å²) in [6.07, 6.45) is 2.57. The number of benzene rings is 1. The van der Waals surface area contributed by atoms with E-state index in [4.69, 9.17) is 5.11 Å². The van der Waals surface area contributed by atoms with Crippen LogP contribution in [0.3, 0.4) is 0 Å². The fraction of sp³-hybridized carbons (Fsp3) is 0.529. The number of aliphatic hydroxyl groups excluding tert-OH is 1. The van der Waals surface area contributed by atoms with E-state index >= 15 is 0 Å². The number of rotatable bonds is 8. The number of carbonyl (C=O) groups is 1. The van der Waals surface area contributed by atoms with Crippen LogP contribution in [0.5, 0.6) is 0 Å². The first-order chi connectivity index (χ1) is 11.0. The molecule has 0 radical (unpaired) electrons. The van der Waals surface area contributed by atoms with Crippen LogP contribution in [0, 0.1) is 5.92 Å². The minimum atomic E-state index is -0.208. The average molecular weight is 319 g/mol. The van der Waals surface area contributed by atoms with Gasteiger partial charge in [-0.1, -0.05) is 19.9 Å². The molecule has 0 bridgehead atoms. The highest BCUT2D eigenvalue weighted by atomic mass is 16.3. The van der Waals surface area contributed by atoms with Gasteiger partial charge < -0.3 is 20.4 Å². The minimum Gasteiger partial charge on any atom is -0.396 e. The number of imidazole rings is 1. The number of nitrogens with one attached hydrogen (secondary N) is 3. The molecule has 23 heavy (non-hydrogen) atoms. The summed E-state index contributed by atoms with van der Waals surface area (Å²) in [7, 11) is 0. The van der Waals surface area contributed by atoms with Gasteiger partial charge in [0.2, 0.25) is 5.91 Å². The molecule has 126 valence electrons. The number of aromatic amines is 2. The SMILES string of the molecule is CC(C)C(CCO)NC(=O)CCCc1ccc2[nH]c(=O)[nH]c2c1. The molecular weight excluding hydrogens is 294 g/mol. The van der Waals surface area contributed by atoms with Gasteiger partial charge in [-0.05, 0) is 42.9 Å². The van der Waals surface area contributed by atoms with Crippen molar-refractivity contribution in [2.75, 3.05) is 6.61 Å². The predicted octanol–water partition coefficient (Wildman–Crippen LogP) is 1.70. The zero-order valence-electron chi connectivity index (χ0n) is 13.7. The monoisotopic (exact) mass is 319 g/mol. The van der Waals surface area contributed by atoms with Crippen molar-refractivity contribution in [3.63, 3.8) is 0 Å². The molecule has 0 aliphatic carbocycles. The molecule has 4 N–H and O–H groups in total. The Morgan fingerprint density at radius 2 is 2.00 bits per heavy atom. The predicted molar refractivity (Wildman–Crippen MR) is 90.3 cm³/mol. The lowest BCUT2D eigenvalue weighted by Gasteiger charge is -2.21. The quantitative estimate of drug-likeness (QED) is 0.596. The van der Waals surface area contributed by atoms with Gasteiger partial charge in [0.25, 0.3) is 0 Å². The number of H-pyrrole nitrogens is 2. The van der Waals surface area contributed by atoms with Crippen LogP contribution < -0.4 is 11.0 Å². The van der Waals surface area contributed by atoms with Gasteiger partial charge in [0, 0.05) is 19.1 Å². The summed E-state index contributed by atoms with van der Waals surface area (Å²) in [5, 5.41) is 12.0. The van der Waals surface area contributed by atoms with Crippen LogP contribution in [0.15, 0.2) is 23.0 Å².